The average Bonchev–Trinajstić information content (AvgIpc) is 2.79. The molecule has 0 saturated carbocycles. The lowest BCUT2D eigenvalue weighted by Crippen LogP contribution is -2.33. The average molecular weight is 325 g/mol. The maximum absolute atomic E-state index is 12.7. The summed E-state index contributed by atoms with van der Waals surface area (Å²) in [5.41, 5.74) is 4.36. The highest BCUT2D eigenvalue weighted by atomic mass is 35.5. The van der Waals surface area contributed by atoms with Gasteiger partial charge < -0.3 is 9.88 Å². The third kappa shape index (κ3) is 2.51. The van der Waals surface area contributed by atoms with Gasteiger partial charge in [0.05, 0.1) is 10.6 Å². The van der Waals surface area contributed by atoms with Gasteiger partial charge in [0.2, 0.25) is 0 Å². The fraction of sp³-hybridized carbons (Fsp3) is 0.211. The molecule has 0 radical (unpaired) electrons. The molecule has 0 bridgehead atoms. The Hall–Kier alpha value is -2.26. The largest absolute Gasteiger partial charge is 0.358 e. The van der Waals surface area contributed by atoms with Gasteiger partial charge in [-0.25, -0.2) is 0 Å². The third-order valence-electron chi connectivity index (χ3n) is 4.56. The lowest BCUT2D eigenvalue weighted by atomic mass is 10.1. The Bertz CT molecular complexity index is 884. The summed E-state index contributed by atoms with van der Waals surface area (Å²) in [5.74, 6) is 0.0186. The number of hydrogen-bond acceptors (Lipinski definition) is 1. The van der Waals surface area contributed by atoms with Crippen molar-refractivity contribution < 1.29 is 4.79 Å². The van der Waals surface area contributed by atoms with Crippen LogP contribution in [-0.2, 0) is 12.8 Å². The van der Waals surface area contributed by atoms with Crippen LogP contribution in [0, 0.1) is 0 Å². The summed E-state index contributed by atoms with van der Waals surface area (Å²) in [5, 5.41) is 1.79. The van der Waals surface area contributed by atoms with E-state index in [0.717, 1.165) is 19.4 Å². The first-order chi connectivity index (χ1) is 11.2. The number of halogens is 1. The highest BCUT2D eigenvalue weighted by Crippen LogP contribution is 2.26. The first kappa shape index (κ1) is 14.3. The molecule has 0 saturated heterocycles. The van der Waals surface area contributed by atoms with E-state index in [1.54, 1.807) is 12.1 Å². The molecule has 4 rings (SSSR count). The van der Waals surface area contributed by atoms with Crippen molar-refractivity contribution in [2.24, 2.45) is 0 Å². The Kier molecular flexibility index (Phi) is 3.58. The second-order valence-corrected chi connectivity index (χ2v) is 6.31. The number of amides is 1. The van der Waals surface area contributed by atoms with E-state index in [2.05, 4.69) is 23.2 Å². The minimum absolute atomic E-state index is 0.0186. The molecule has 1 N–H and O–H groups in total. The lowest BCUT2D eigenvalue weighted by molar-refractivity contribution is 0.0763. The van der Waals surface area contributed by atoms with Crippen LogP contribution in [0.4, 0.5) is 0 Å². The summed E-state index contributed by atoms with van der Waals surface area (Å²) < 4.78 is 0. The zero-order valence-corrected chi connectivity index (χ0v) is 13.4. The van der Waals surface area contributed by atoms with E-state index in [-0.39, 0.29) is 5.91 Å². The van der Waals surface area contributed by atoms with Crippen LogP contribution in [0.15, 0.2) is 48.5 Å². The van der Waals surface area contributed by atoms with E-state index in [1.165, 1.54) is 22.2 Å². The molecule has 0 atom stereocenters. The number of H-pyrrole nitrogens is 1. The third-order valence-corrected chi connectivity index (χ3v) is 4.89. The molecule has 0 aliphatic carbocycles. The van der Waals surface area contributed by atoms with Crippen molar-refractivity contribution in [3.05, 3.63) is 70.4 Å². The van der Waals surface area contributed by atoms with Crippen LogP contribution in [0.3, 0.4) is 0 Å². The summed E-state index contributed by atoms with van der Waals surface area (Å²) in [6.45, 7) is 1.43. The molecule has 2 aromatic carbocycles. The summed E-state index contributed by atoms with van der Waals surface area (Å²) in [6, 6.07) is 15.6. The topological polar surface area (TPSA) is 36.1 Å². The fourth-order valence-corrected chi connectivity index (χ4v) is 3.58. The van der Waals surface area contributed by atoms with E-state index < -0.39 is 0 Å². The van der Waals surface area contributed by atoms with Crippen LogP contribution in [0.5, 0.6) is 0 Å². The van der Waals surface area contributed by atoms with E-state index in [1.807, 2.05) is 23.1 Å². The van der Waals surface area contributed by atoms with Gasteiger partial charge in [0.1, 0.15) is 0 Å². The molecule has 3 nitrogen and oxygen atoms in total. The van der Waals surface area contributed by atoms with Crippen molar-refractivity contribution >= 4 is 28.4 Å². The SMILES string of the molecule is O=C(c1ccccc1Cl)N1CCc2[nH]c3ccccc3c2CC1. The predicted octanol–water partition coefficient (Wildman–Crippen LogP) is 4.06. The van der Waals surface area contributed by atoms with Gasteiger partial charge in [-0.05, 0) is 30.2 Å². The number of hydrogen-bond donors (Lipinski definition) is 1. The fourth-order valence-electron chi connectivity index (χ4n) is 3.37. The number of carbonyl (C=O) groups is 1. The standard InChI is InChI=1S/C19H17ClN2O/c20-16-7-3-1-6-15(16)19(23)22-11-9-14-13-5-2-4-8-17(13)21-18(14)10-12-22/h1-8,21H,9-12H2. The Morgan fingerprint density at radius 1 is 1.00 bits per heavy atom. The minimum Gasteiger partial charge on any atom is -0.358 e. The molecular formula is C19H17ClN2O. The molecule has 1 aliphatic rings. The zero-order valence-electron chi connectivity index (χ0n) is 12.7. The molecule has 4 heteroatoms. The number of nitrogens with zero attached hydrogens (tertiary/aromatic N) is 1. The number of fused-ring (bicyclic) bond motifs is 3. The molecule has 3 aromatic rings. The highest BCUT2D eigenvalue weighted by molar-refractivity contribution is 6.33. The second kappa shape index (κ2) is 5.74. The van der Waals surface area contributed by atoms with E-state index in [4.69, 9.17) is 11.6 Å². The zero-order chi connectivity index (χ0) is 15.8. The van der Waals surface area contributed by atoms with Crippen LogP contribution >= 0.6 is 11.6 Å². The van der Waals surface area contributed by atoms with Crippen LogP contribution < -0.4 is 0 Å². The molecule has 1 amide bonds. The van der Waals surface area contributed by atoms with E-state index in [0.29, 0.717) is 17.1 Å². The van der Waals surface area contributed by atoms with Gasteiger partial charge in [0.25, 0.3) is 5.91 Å². The van der Waals surface area contributed by atoms with Crippen molar-refractivity contribution in [3.63, 3.8) is 0 Å². The van der Waals surface area contributed by atoms with Crippen molar-refractivity contribution in [2.45, 2.75) is 12.8 Å². The van der Waals surface area contributed by atoms with Crippen LogP contribution in [0.1, 0.15) is 21.6 Å². The van der Waals surface area contributed by atoms with Gasteiger partial charge in [-0.2, -0.15) is 0 Å². The minimum atomic E-state index is 0.0186. The first-order valence-corrected chi connectivity index (χ1v) is 8.24. The quantitative estimate of drug-likeness (QED) is 0.720. The van der Waals surface area contributed by atoms with E-state index >= 15 is 0 Å². The van der Waals surface area contributed by atoms with Crippen molar-refractivity contribution in [1.29, 1.82) is 0 Å². The molecular weight excluding hydrogens is 308 g/mol. The van der Waals surface area contributed by atoms with Crippen molar-refractivity contribution in [1.82, 2.24) is 9.88 Å². The lowest BCUT2D eigenvalue weighted by Gasteiger charge is -2.21. The van der Waals surface area contributed by atoms with Gasteiger partial charge in [-0.3, -0.25) is 4.79 Å². The summed E-state index contributed by atoms with van der Waals surface area (Å²) >= 11 is 6.17. The number of benzene rings is 2. The smallest absolute Gasteiger partial charge is 0.255 e. The Morgan fingerprint density at radius 3 is 2.61 bits per heavy atom. The second-order valence-electron chi connectivity index (χ2n) is 5.90. The van der Waals surface area contributed by atoms with Crippen LogP contribution in [0.2, 0.25) is 5.02 Å². The van der Waals surface area contributed by atoms with Crippen molar-refractivity contribution in [2.75, 3.05) is 13.1 Å². The van der Waals surface area contributed by atoms with Crippen LogP contribution in [0.25, 0.3) is 10.9 Å². The number of carbonyl (C=O) groups excluding carboxylic acids is 1. The maximum atomic E-state index is 12.7. The number of rotatable bonds is 1. The van der Waals surface area contributed by atoms with E-state index in [9.17, 15) is 4.79 Å². The molecule has 0 fully saturated rings. The number of aromatic amines is 1. The summed E-state index contributed by atoms with van der Waals surface area (Å²) in [7, 11) is 0. The molecule has 2 heterocycles. The maximum Gasteiger partial charge on any atom is 0.255 e. The van der Waals surface area contributed by atoms with Gasteiger partial charge in [-0.1, -0.05) is 41.9 Å². The highest BCUT2D eigenvalue weighted by Gasteiger charge is 2.23. The number of aromatic nitrogens is 1. The molecule has 116 valence electrons. The predicted molar refractivity (Wildman–Crippen MR) is 93.1 cm³/mol. The molecule has 0 spiro atoms. The monoisotopic (exact) mass is 324 g/mol. The Labute approximate surface area is 139 Å². The Morgan fingerprint density at radius 2 is 1.74 bits per heavy atom. The molecule has 23 heavy (non-hydrogen) atoms. The van der Waals surface area contributed by atoms with Gasteiger partial charge in [0, 0.05) is 36.1 Å². The normalized spacial score (nSPS) is 14.6. The van der Waals surface area contributed by atoms with Gasteiger partial charge in [0.15, 0.2) is 0 Å². The molecule has 1 aliphatic heterocycles. The van der Waals surface area contributed by atoms with Gasteiger partial charge >= 0.3 is 0 Å². The number of para-hydroxylation sites is 1. The number of nitrogens with one attached hydrogen (secondary N) is 1. The van der Waals surface area contributed by atoms with Crippen LogP contribution in [-0.4, -0.2) is 28.9 Å². The van der Waals surface area contributed by atoms with Gasteiger partial charge in [-0.15, -0.1) is 0 Å². The summed E-state index contributed by atoms with van der Waals surface area (Å²) in [6.07, 6.45) is 1.72. The van der Waals surface area contributed by atoms with Crippen molar-refractivity contribution in [3.8, 4) is 0 Å². The summed E-state index contributed by atoms with van der Waals surface area (Å²) in [4.78, 5) is 18.2. The molecule has 0 unspecified atom stereocenters. The molecule has 1 aromatic heterocycles. The Balaban J connectivity index is 1.61. The first-order valence-electron chi connectivity index (χ1n) is 7.86.